The molecule has 0 spiro atoms. The number of hydrogen-bond donors (Lipinski definition) is 1. The molecule has 1 aromatic rings. The monoisotopic (exact) mass is 416 g/mol. The first kappa shape index (κ1) is 22.1. The van der Waals surface area contributed by atoms with E-state index in [1.54, 1.807) is 11.3 Å². The molecule has 0 saturated carbocycles. The summed E-state index contributed by atoms with van der Waals surface area (Å²) in [5.74, 6) is 0.757. The van der Waals surface area contributed by atoms with Crippen LogP contribution in [0.5, 0.6) is 0 Å². The summed E-state index contributed by atoms with van der Waals surface area (Å²) in [7, 11) is -1.35. The Morgan fingerprint density at radius 3 is 2.70 bits per heavy atom. The van der Waals surface area contributed by atoms with Crippen LogP contribution in [0.4, 0.5) is 0 Å². The van der Waals surface area contributed by atoms with Crippen LogP contribution in [0.3, 0.4) is 0 Å². The van der Waals surface area contributed by atoms with Crippen LogP contribution in [0.1, 0.15) is 25.6 Å². The second-order valence-corrected chi connectivity index (χ2v) is 10.00. The van der Waals surface area contributed by atoms with Crippen LogP contribution in [0, 0.1) is 0 Å². The fourth-order valence-corrected chi connectivity index (χ4v) is 5.21. The number of morpholine rings is 1. The molecule has 9 heteroatoms. The highest BCUT2D eigenvalue weighted by atomic mass is 32.2. The Balaban J connectivity index is 1.91. The lowest BCUT2D eigenvalue weighted by atomic mass is 10.3. The summed E-state index contributed by atoms with van der Waals surface area (Å²) in [5.41, 5.74) is 0. The number of sulfonamides is 1. The van der Waals surface area contributed by atoms with Gasteiger partial charge in [0.1, 0.15) is 0 Å². The molecule has 1 aliphatic rings. The lowest BCUT2D eigenvalue weighted by Gasteiger charge is -2.34. The summed E-state index contributed by atoms with van der Waals surface area (Å²) < 4.78 is 32.4. The molecule has 154 valence electrons. The van der Waals surface area contributed by atoms with Crippen molar-refractivity contribution >= 4 is 27.3 Å². The van der Waals surface area contributed by atoms with E-state index in [-0.39, 0.29) is 24.5 Å². The number of rotatable bonds is 8. The molecule has 1 N–H and O–H groups in total. The molecule has 1 saturated heterocycles. The van der Waals surface area contributed by atoms with Crippen LogP contribution in [-0.2, 0) is 21.2 Å². The number of aliphatic imine (C=N–C) groups is 1. The van der Waals surface area contributed by atoms with Crippen LogP contribution in [0.2, 0.25) is 0 Å². The van der Waals surface area contributed by atoms with Crippen molar-refractivity contribution < 1.29 is 13.2 Å². The summed E-state index contributed by atoms with van der Waals surface area (Å²) in [6, 6.07) is 4.18. The maximum absolute atomic E-state index is 12.6. The Morgan fingerprint density at radius 2 is 2.11 bits per heavy atom. The van der Waals surface area contributed by atoms with E-state index >= 15 is 0 Å². The van der Waals surface area contributed by atoms with E-state index in [1.807, 2.05) is 27.8 Å². The second kappa shape index (κ2) is 10.4. The summed E-state index contributed by atoms with van der Waals surface area (Å²) >= 11 is 1.75. The van der Waals surface area contributed by atoms with Crippen molar-refractivity contribution in [2.24, 2.45) is 4.99 Å². The van der Waals surface area contributed by atoms with Crippen LogP contribution in [0.25, 0.3) is 0 Å². The van der Waals surface area contributed by atoms with Gasteiger partial charge in [-0.15, -0.1) is 11.3 Å². The summed E-state index contributed by atoms with van der Waals surface area (Å²) in [5, 5.41) is 5.32. The van der Waals surface area contributed by atoms with Crippen LogP contribution in [-0.4, -0.2) is 81.3 Å². The molecule has 27 heavy (non-hydrogen) atoms. The first-order chi connectivity index (χ1) is 12.8. The fraction of sp³-hybridized carbons (Fsp3) is 0.722. The smallest absolute Gasteiger partial charge is 0.216 e. The SMILES string of the molecule is CCNC(=NCCS(=O)(=O)N1CC(C)OC(C)C1)N(C)CCc1cccs1. The third kappa shape index (κ3) is 7.06. The summed E-state index contributed by atoms with van der Waals surface area (Å²) in [6.07, 6.45) is 0.793. The van der Waals surface area contributed by atoms with Crippen LogP contribution >= 0.6 is 11.3 Å². The van der Waals surface area contributed by atoms with E-state index in [0.717, 1.165) is 25.5 Å². The van der Waals surface area contributed by atoms with Crippen molar-refractivity contribution in [3.8, 4) is 0 Å². The van der Waals surface area contributed by atoms with E-state index in [1.165, 1.54) is 9.18 Å². The maximum Gasteiger partial charge on any atom is 0.216 e. The molecule has 1 fully saturated rings. The molecule has 2 rings (SSSR count). The van der Waals surface area contributed by atoms with Crippen LogP contribution in [0.15, 0.2) is 22.5 Å². The molecule has 0 radical (unpaired) electrons. The molecule has 1 aliphatic heterocycles. The van der Waals surface area contributed by atoms with Crippen LogP contribution < -0.4 is 5.32 Å². The van der Waals surface area contributed by atoms with E-state index in [4.69, 9.17) is 4.74 Å². The minimum Gasteiger partial charge on any atom is -0.373 e. The zero-order chi connectivity index (χ0) is 19.9. The normalized spacial score (nSPS) is 22.0. The Kier molecular flexibility index (Phi) is 8.53. The third-order valence-electron chi connectivity index (χ3n) is 4.36. The van der Waals surface area contributed by atoms with Gasteiger partial charge in [0, 0.05) is 38.1 Å². The number of guanidine groups is 1. The van der Waals surface area contributed by atoms with Gasteiger partial charge >= 0.3 is 0 Å². The molecule has 7 nitrogen and oxygen atoms in total. The van der Waals surface area contributed by atoms with E-state index in [2.05, 4.69) is 32.7 Å². The van der Waals surface area contributed by atoms with Crippen molar-refractivity contribution in [2.75, 3.05) is 45.5 Å². The predicted octanol–water partition coefficient (Wildman–Crippen LogP) is 1.63. The Bertz CT molecular complexity index is 681. The van der Waals surface area contributed by atoms with Crippen molar-refractivity contribution in [3.05, 3.63) is 22.4 Å². The number of likely N-dealkylation sites (N-methyl/N-ethyl adjacent to an activating group) is 1. The first-order valence-electron chi connectivity index (χ1n) is 9.47. The molecular formula is C18H32N4O3S2. The average molecular weight is 417 g/mol. The van der Waals surface area contributed by atoms with Gasteiger partial charge in [-0.25, -0.2) is 8.42 Å². The van der Waals surface area contributed by atoms with Gasteiger partial charge in [-0.3, -0.25) is 4.99 Å². The van der Waals surface area contributed by atoms with Gasteiger partial charge in [-0.1, -0.05) is 6.07 Å². The van der Waals surface area contributed by atoms with Gasteiger partial charge in [0.05, 0.1) is 24.5 Å². The van der Waals surface area contributed by atoms with E-state index in [9.17, 15) is 8.42 Å². The summed E-state index contributed by atoms with van der Waals surface area (Å²) in [6.45, 7) is 8.47. The highest BCUT2D eigenvalue weighted by molar-refractivity contribution is 7.89. The predicted molar refractivity (Wildman–Crippen MR) is 112 cm³/mol. The number of nitrogens with zero attached hydrogens (tertiary/aromatic N) is 3. The minimum atomic E-state index is -3.33. The van der Waals surface area contributed by atoms with Crippen molar-refractivity contribution in [1.29, 1.82) is 0 Å². The lowest BCUT2D eigenvalue weighted by molar-refractivity contribution is -0.0440. The number of hydrogen-bond acceptors (Lipinski definition) is 5. The average Bonchev–Trinajstić information content (AvgIpc) is 3.11. The second-order valence-electron chi connectivity index (χ2n) is 6.88. The zero-order valence-corrected chi connectivity index (χ0v) is 18.4. The first-order valence-corrected chi connectivity index (χ1v) is 12.0. The maximum atomic E-state index is 12.6. The molecule has 1 aromatic heterocycles. The van der Waals surface area contributed by atoms with E-state index < -0.39 is 10.0 Å². The third-order valence-corrected chi connectivity index (χ3v) is 7.08. The van der Waals surface area contributed by atoms with Crippen molar-refractivity contribution in [2.45, 2.75) is 39.4 Å². The quantitative estimate of drug-likeness (QED) is 0.515. The molecule has 2 heterocycles. The number of nitrogens with one attached hydrogen (secondary N) is 1. The lowest BCUT2D eigenvalue weighted by Crippen LogP contribution is -2.49. The fourth-order valence-electron chi connectivity index (χ4n) is 3.06. The minimum absolute atomic E-state index is 0.0140. The highest BCUT2D eigenvalue weighted by Gasteiger charge is 2.30. The highest BCUT2D eigenvalue weighted by Crippen LogP contribution is 2.15. The largest absolute Gasteiger partial charge is 0.373 e. The Hall–Kier alpha value is -1.16. The molecule has 2 atom stereocenters. The standard InChI is InChI=1S/C18H32N4O3S2/c1-5-19-18(21(4)10-8-17-7-6-11-26-17)20-9-12-27(23,24)22-13-15(2)25-16(3)14-22/h6-7,11,15-16H,5,8-10,12-14H2,1-4H3,(H,19,20). The van der Waals surface area contributed by atoms with Gasteiger partial charge in [-0.2, -0.15) is 4.31 Å². The van der Waals surface area contributed by atoms with Crippen molar-refractivity contribution in [1.82, 2.24) is 14.5 Å². The molecular weight excluding hydrogens is 384 g/mol. The van der Waals surface area contributed by atoms with Gasteiger partial charge in [-0.05, 0) is 38.6 Å². The number of ether oxygens (including phenoxy) is 1. The molecule has 0 aromatic carbocycles. The Morgan fingerprint density at radius 1 is 1.41 bits per heavy atom. The van der Waals surface area contributed by atoms with Crippen molar-refractivity contribution in [3.63, 3.8) is 0 Å². The topological polar surface area (TPSA) is 74.2 Å². The molecule has 0 amide bonds. The van der Waals surface area contributed by atoms with Gasteiger partial charge in [0.2, 0.25) is 10.0 Å². The van der Waals surface area contributed by atoms with Gasteiger partial charge < -0.3 is 15.0 Å². The number of thiophene rings is 1. The van der Waals surface area contributed by atoms with Gasteiger partial charge in [0.25, 0.3) is 0 Å². The zero-order valence-electron chi connectivity index (χ0n) is 16.7. The van der Waals surface area contributed by atoms with Gasteiger partial charge in [0.15, 0.2) is 5.96 Å². The summed E-state index contributed by atoms with van der Waals surface area (Å²) in [4.78, 5) is 7.91. The molecule has 2 unspecified atom stereocenters. The molecule has 0 bridgehead atoms. The Labute approximate surface area is 167 Å². The van der Waals surface area contributed by atoms with E-state index in [0.29, 0.717) is 13.1 Å². The molecule has 0 aliphatic carbocycles.